The average molecular weight is 373 g/mol. The number of hydrogen-bond acceptors (Lipinski definition) is 5. The van der Waals surface area contributed by atoms with Gasteiger partial charge in [0, 0.05) is 43.7 Å². The molecule has 1 aromatic carbocycles. The molecule has 2 heterocycles. The highest BCUT2D eigenvalue weighted by molar-refractivity contribution is 7.13. The summed E-state index contributed by atoms with van der Waals surface area (Å²) in [6.07, 6.45) is 1.03. The lowest BCUT2D eigenvalue weighted by Gasteiger charge is -2.32. The Morgan fingerprint density at radius 1 is 1.12 bits per heavy atom. The average Bonchev–Trinajstić information content (AvgIpc) is 3.08. The van der Waals surface area contributed by atoms with Crippen molar-refractivity contribution in [3.8, 4) is 0 Å². The van der Waals surface area contributed by atoms with Gasteiger partial charge in [-0.1, -0.05) is 18.2 Å². The van der Waals surface area contributed by atoms with Gasteiger partial charge in [0.2, 0.25) is 5.91 Å². The normalized spacial score (nSPS) is 14.9. The lowest BCUT2D eigenvalue weighted by Crippen LogP contribution is -2.47. The van der Waals surface area contributed by atoms with Crippen molar-refractivity contribution in [3.63, 3.8) is 0 Å². The largest absolute Gasteiger partial charge is 0.340 e. The molecule has 0 unspecified atom stereocenters. The van der Waals surface area contributed by atoms with Crippen molar-refractivity contribution >= 4 is 34.1 Å². The lowest BCUT2D eigenvalue weighted by atomic mass is 10.2. The van der Waals surface area contributed by atoms with E-state index in [1.807, 2.05) is 40.6 Å². The van der Waals surface area contributed by atoms with Crippen molar-refractivity contribution in [1.82, 2.24) is 14.8 Å². The maximum atomic E-state index is 12.3. The molecule has 0 aliphatic carbocycles. The van der Waals surface area contributed by atoms with Gasteiger partial charge in [0.1, 0.15) is 0 Å². The van der Waals surface area contributed by atoms with Crippen molar-refractivity contribution < 1.29 is 9.59 Å². The Hall–Kier alpha value is -2.45. The summed E-state index contributed by atoms with van der Waals surface area (Å²) in [4.78, 5) is 32.8. The SMILES string of the molecule is CN1CCN(C(=O)CCc2csc(NC(=O)Nc3ccccc3)n2)CC1. The summed E-state index contributed by atoms with van der Waals surface area (Å²) in [5.41, 5.74) is 1.55. The number of thiazole rings is 1. The first-order chi connectivity index (χ1) is 12.6. The zero-order valence-electron chi connectivity index (χ0n) is 14.8. The van der Waals surface area contributed by atoms with Gasteiger partial charge in [-0.3, -0.25) is 10.1 Å². The zero-order valence-corrected chi connectivity index (χ0v) is 15.6. The van der Waals surface area contributed by atoms with Crippen LogP contribution < -0.4 is 10.6 Å². The maximum absolute atomic E-state index is 12.3. The first kappa shape index (κ1) is 18.3. The number of anilines is 2. The standard InChI is InChI=1S/C18H23N5O2S/c1-22-9-11-23(12-10-22)16(24)8-7-15-13-26-18(20-15)21-17(25)19-14-5-3-2-4-6-14/h2-6,13H,7-12H2,1H3,(H2,19,20,21,25). The molecule has 1 aromatic heterocycles. The van der Waals surface area contributed by atoms with Gasteiger partial charge in [-0.15, -0.1) is 11.3 Å². The van der Waals surface area contributed by atoms with Crippen LogP contribution >= 0.6 is 11.3 Å². The fourth-order valence-corrected chi connectivity index (χ4v) is 3.45. The van der Waals surface area contributed by atoms with Gasteiger partial charge in [-0.25, -0.2) is 9.78 Å². The predicted molar refractivity (Wildman–Crippen MR) is 104 cm³/mol. The van der Waals surface area contributed by atoms with E-state index in [0.29, 0.717) is 18.0 Å². The van der Waals surface area contributed by atoms with Crippen molar-refractivity contribution in [2.75, 3.05) is 43.9 Å². The number of rotatable bonds is 5. The monoisotopic (exact) mass is 373 g/mol. The van der Waals surface area contributed by atoms with Gasteiger partial charge in [0.15, 0.2) is 5.13 Å². The van der Waals surface area contributed by atoms with Crippen LogP contribution in [0.15, 0.2) is 35.7 Å². The Labute approximate surface area is 157 Å². The summed E-state index contributed by atoms with van der Waals surface area (Å²) in [5, 5.41) is 7.88. The van der Waals surface area contributed by atoms with E-state index in [1.54, 1.807) is 0 Å². The molecule has 0 saturated carbocycles. The van der Waals surface area contributed by atoms with Gasteiger partial charge in [0.05, 0.1) is 5.69 Å². The van der Waals surface area contributed by atoms with Crippen molar-refractivity contribution in [2.24, 2.45) is 0 Å². The highest BCUT2D eigenvalue weighted by atomic mass is 32.1. The number of hydrogen-bond donors (Lipinski definition) is 2. The number of aromatic nitrogens is 1. The number of nitrogens with zero attached hydrogens (tertiary/aromatic N) is 3. The molecule has 1 saturated heterocycles. The third kappa shape index (κ3) is 5.27. The number of nitrogens with one attached hydrogen (secondary N) is 2. The third-order valence-electron chi connectivity index (χ3n) is 4.25. The van der Waals surface area contributed by atoms with Crippen LogP contribution in [0.3, 0.4) is 0 Å². The maximum Gasteiger partial charge on any atom is 0.325 e. The topological polar surface area (TPSA) is 77.6 Å². The minimum absolute atomic E-state index is 0.169. The van der Waals surface area contributed by atoms with Crippen LogP contribution in [0.2, 0.25) is 0 Å². The summed E-state index contributed by atoms with van der Waals surface area (Å²) < 4.78 is 0. The van der Waals surface area contributed by atoms with E-state index in [9.17, 15) is 9.59 Å². The van der Waals surface area contributed by atoms with Crippen molar-refractivity contribution in [2.45, 2.75) is 12.8 Å². The van der Waals surface area contributed by atoms with Crippen LogP contribution in [0.1, 0.15) is 12.1 Å². The van der Waals surface area contributed by atoms with Gasteiger partial charge >= 0.3 is 6.03 Å². The summed E-state index contributed by atoms with van der Waals surface area (Å²) in [6.45, 7) is 3.43. The van der Waals surface area contributed by atoms with Gasteiger partial charge in [0.25, 0.3) is 0 Å². The summed E-state index contributed by atoms with van der Waals surface area (Å²) in [5.74, 6) is 0.169. The first-order valence-corrected chi connectivity index (χ1v) is 9.52. The fourth-order valence-electron chi connectivity index (χ4n) is 2.71. The van der Waals surface area contributed by atoms with Gasteiger partial charge in [-0.2, -0.15) is 0 Å². The molecule has 138 valence electrons. The first-order valence-electron chi connectivity index (χ1n) is 8.64. The molecule has 3 amide bonds. The number of likely N-dealkylation sites (N-methyl/N-ethyl adjacent to an activating group) is 1. The summed E-state index contributed by atoms with van der Waals surface area (Å²) in [6, 6.07) is 8.90. The van der Waals surface area contributed by atoms with Crippen LogP contribution in [-0.2, 0) is 11.2 Å². The fraction of sp³-hybridized carbons (Fsp3) is 0.389. The smallest absolute Gasteiger partial charge is 0.325 e. The highest BCUT2D eigenvalue weighted by Gasteiger charge is 2.19. The van der Waals surface area contributed by atoms with Crippen LogP contribution in [0.25, 0.3) is 0 Å². The van der Waals surface area contributed by atoms with Crippen molar-refractivity contribution in [1.29, 1.82) is 0 Å². The van der Waals surface area contributed by atoms with E-state index < -0.39 is 0 Å². The van der Waals surface area contributed by atoms with Gasteiger partial charge in [-0.05, 0) is 25.6 Å². The number of amides is 3. The number of piperazine rings is 1. The van der Waals surface area contributed by atoms with Crippen molar-refractivity contribution in [3.05, 3.63) is 41.4 Å². The molecule has 1 aliphatic heterocycles. The minimum Gasteiger partial charge on any atom is -0.340 e. The third-order valence-corrected chi connectivity index (χ3v) is 5.06. The lowest BCUT2D eigenvalue weighted by molar-refractivity contribution is -0.132. The molecule has 8 heteroatoms. The number of para-hydroxylation sites is 1. The quantitative estimate of drug-likeness (QED) is 0.844. The predicted octanol–water partition coefficient (Wildman–Crippen LogP) is 2.49. The Morgan fingerprint density at radius 3 is 2.58 bits per heavy atom. The van der Waals surface area contributed by atoms with E-state index in [1.165, 1.54) is 11.3 Å². The molecule has 26 heavy (non-hydrogen) atoms. The number of benzene rings is 1. The number of urea groups is 1. The van der Waals surface area contributed by atoms with Crippen LogP contribution in [0.5, 0.6) is 0 Å². The second-order valence-electron chi connectivity index (χ2n) is 6.27. The Balaban J connectivity index is 1.44. The van der Waals surface area contributed by atoms with E-state index in [4.69, 9.17) is 0 Å². The van der Waals surface area contributed by atoms with E-state index in [2.05, 4.69) is 27.6 Å². The number of aryl methyl sites for hydroxylation is 1. The molecule has 0 bridgehead atoms. The molecule has 0 atom stereocenters. The molecule has 7 nitrogen and oxygen atoms in total. The molecule has 2 N–H and O–H groups in total. The number of carbonyl (C=O) groups is 2. The second-order valence-corrected chi connectivity index (χ2v) is 7.13. The number of carbonyl (C=O) groups excluding carboxylic acids is 2. The highest BCUT2D eigenvalue weighted by Crippen LogP contribution is 2.17. The van der Waals surface area contributed by atoms with E-state index >= 15 is 0 Å². The molecule has 2 aromatic rings. The van der Waals surface area contributed by atoms with Crippen LogP contribution in [0.4, 0.5) is 15.6 Å². The zero-order chi connectivity index (χ0) is 18.4. The Bertz CT molecular complexity index is 741. The van der Waals surface area contributed by atoms with E-state index in [-0.39, 0.29) is 11.9 Å². The summed E-state index contributed by atoms with van der Waals surface area (Å²) >= 11 is 1.36. The van der Waals surface area contributed by atoms with Crippen LogP contribution in [-0.4, -0.2) is 59.9 Å². The molecule has 3 rings (SSSR count). The molecular formula is C18H23N5O2S. The second kappa shape index (κ2) is 8.77. The molecule has 0 radical (unpaired) electrons. The molecule has 1 aliphatic rings. The molecule has 0 spiro atoms. The van der Waals surface area contributed by atoms with E-state index in [0.717, 1.165) is 37.6 Å². The minimum atomic E-state index is -0.328. The molecular weight excluding hydrogens is 350 g/mol. The summed E-state index contributed by atoms with van der Waals surface area (Å²) in [7, 11) is 2.07. The molecule has 1 fully saturated rings. The Kier molecular flexibility index (Phi) is 6.19. The Morgan fingerprint density at radius 2 is 1.85 bits per heavy atom. The van der Waals surface area contributed by atoms with Gasteiger partial charge < -0.3 is 15.1 Å². The van der Waals surface area contributed by atoms with Crippen LogP contribution in [0, 0.1) is 0 Å².